The van der Waals surface area contributed by atoms with Crippen LogP contribution in [0.25, 0.3) is 11.3 Å². The fraction of sp³-hybridized carbons (Fsp3) is 0.483. The first-order chi connectivity index (χ1) is 17.7. The van der Waals surface area contributed by atoms with E-state index in [-0.39, 0.29) is 11.7 Å². The average Bonchev–Trinajstić information content (AvgIpc) is 3.83. The standard InChI is InChI=1S/C29H31N3O4/c33-29(34)19-9-12-26(30-15-19)32-20-10-11-21(32)14-22(13-20)35-16-25-27(31-36-28(25)18-7-8-18)24-4-2-1-3-23(24)17-5-6-17/h1-4,9,12,15,17-18,20-22H,5-8,10-11,13-14,16H2,(H,33,34)/t20-,21+,22-. The number of carbonyl (C=O) groups is 1. The number of ether oxygens (including phenoxy) is 1. The fourth-order valence-corrected chi connectivity index (χ4v) is 6.31. The highest BCUT2D eigenvalue weighted by Gasteiger charge is 2.42. The van der Waals surface area contributed by atoms with E-state index in [9.17, 15) is 9.90 Å². The number of hydrogen-bond donors (Lipinski definition) is 1. The molecule has 0 spiro atoms. The van der Waals surface area contributed by atoms with Gasteiger partial charge in [-0.25, -0.2) is 9.78 Å². The first-order valence-electron chi connectivity index (χ1n) is 13.3. The monoisotopic (exact) mass is 485 g/mol. The molecule has 2 aliphatic carbocycles. The second kappa shape index (κ2) is 8.73. The van der Waals surface area contributed by atoms with Crippen LogP contribution >= 0.6 is 0 Å². The van der Waals surface area contributed by atoms with Gasteiger partial charge in [-0.2, -0.15) is 0 Å². The molecule has 0 unspecified atom stereocenters. The molecule has 1 aromatic carbocycles. The normalized spacial score (nSPS) is 25.3. The number of anilines is 1. The topological polar surface area (TPSA) is 88.7 Å². The highest BCUT2D eigenvalue weighted by Crippen LogP contribution is 2.48. The summed E-state index contributed by atoms with van der Waals surface area (Å²) in [4.78, 5) is 18.1. The first kappa shape index (κ1) is 22.0. The molecule has 2 aromatic heterocycles. The highest BCUT2D eigenvalue weighted by atomic mass is 16.5. The van der Waals surface area contributed by atoms with Crippen LogP contribution in [0.4, 0.5) is 5.82 Å². The molecule has 0 amide bonds. The molecule has 7 rings (SSSR count). The van der Waals surface area contributed by atoms with Gasteiger partial charge in [-0.05, 0) is 75.0 Å². The molecule has 2 saturated heterocycles. The molecule has 4 aliphatic rings. The number of nitrogens with zero attached hydrogens (tertiary/aromatic N) is 3. The molecule has 2 saturated carbocycles. The third-order valence-corrected chi connectivity index (χ3v) is 8.41. The number of carboxylic acid groups (broad SMARTS) is 1. The summed E-state index contributed by atoms with van der Waals surface area (Å²) in [5, 5.41) is 13.8. The van der Waals surface area contributed by atoms with Gasteiger partial charge in [0.1, 0.15) is 17.3 Å². The van der Waals surface area contributed by atoms with Gasteiger partial charge in [0.25, 0.3) is 0 Å². The summed E-state index contributed by atoms with van der Waals surface area (Å²) in [6, 6.07) is 12.9. The van der Waals surface area contributed by atoms with Crippen molar-refractivity contribution in [3.8, 4) is 11.3 Å². The van der Waals surface area contributed by atoms with E-state index in [1.54, 1.807) is 6.07 Å². The van der Waals surface area contributed by atoms with Crippen LogP contribution in [0.3, 0.4) is 0 Å². The Morgan fingerprint density at radius 1 is 1.00 bits per heavy atom. The zero-order valence-electron chi connectivity index (χ0n) is 20.3. The van der Waals surface area contributed by atoms with Crippen molar-refractivity contribution in [2.45, 2.75) is 88.0 Å². The molecule has 4 fully saturated rings. The summed E-state index contributed by atoms with van der Waals surface area (Å²) in [6.07, 6.45) is 10.6. The van der Waals surface area contributed by atoms with Gasteiger partial charge in [0, 0.05) is 35.3 Å². The Morgan fingerprint density at radius 3 is 2.42 bits per heavy atom. The molecule has 4 heterocycles. The number of benzene rings is 1. The van der Waals surface area contributed by atoms with Gasteiger partial charge in [0.2, 0.25) is 0 Å². The summed E-state index contributed by atoms with van der Waals surface area (Å²) in [5.41, 5.74) is 4.94. The molecule has 2 bridgehead atoms. The third-order valence-electron chi connectivity index (χ3n) is 8.41. The summed E-state index contributed by atoms with van der Waals surface area (Å²) in [6.45, 7) is 0.541. The number of rotatable bonds is 8. The predicted octanol–water partition coefficient (Wildman–Crippen LogP) is 5.91. The van der Waals surface area contributed by atoms with Gasteiger partial charge in [-0.15, -0.1) is 0 Å². The second-order valence-corrected chi connectivity index (χ2v) is 10.9. The van der Waals surface area contributed by atoms with Crippen molar-refractivity contribution < 1.29 is 19.2 Å². The van der Waals surface area contributed by atoms with Crippen LogP contribution < -0.4 is 4.90 Å². The van der Waals surface area contributed by atoms with E-state index in [1.807, 2.05) is 6.07 Å². The van der Waals surface area contributed by atoms with Gasteiger partial charge >= 0.3 is 5.97 Å². The third kappa shape index (κ3) is 3.99. The Labute approximate surface area is 210 Å². The van der Waals surface area contributed by atoms with Crippen LogP contribution in [0.2, 0.25) is 0 Å². The van der Waals surface area contributed by atoms with Gasteiger partial charge in [-0.3, -0.25) is 0 Å². The number of fused-ring (bicyclic) bond motifs is 2. The molecule has 7 heteroatoms. The quantitative estimate of drug-likeness (QED) is 0.424. The van der Waals surface area contributed by atoms with Gasteiger partial charge in [0.05, 0.1) is 18.3 Å². The van der Waals surface area contributed by atoms with Crippen molar-refractivity contribution in [3.63, 3.8) is 0 Å². The summed E-state index contributed by atoms with van der Waals surface area (Å²) in [7, 11) is 0. The molecule has 3 atom stereocenters. The van der Waals surface area contributed by atoms with Crippen LogP contribution in [0, 0.1) is 0 Å². The lowest BCUT2D eigenvalue weighted by Gasteiger charge is -2.39. The van der Waals surface area contributed by atoms with Gasteiger partial charge in [0.15, 0.2) is 0 Å². The number of hydrogen-bond acceptors (Lipinski definition) is 6. The Hall–Kier alpha value is -3.19. The highest BCUT2D eigenvalue weighted by molar-refractivity contribution is 5.87. The SMILES string of the molecule is O=C(O)c1ccc(N2[C@@H]3CC[C@H]2C[C@H](OCc2c(-c4ccccc4C4CC4)noc2C2CC2)C3)nc1. The van der Waals surface area contributed by atoms with Crippen molar-refractivity contribution in [3.05, 3.63) is 65.0 Å². The minimum atomic E-state index is -0.942. The molecule has 186 valence electrons. The van der Waals surface area contributed by atoms with Crippen LogP contribution in [0.1, 0.15) is 90.4 Å². The van der Waals surface area contributed by atoms with Crippen LogP contribution in [0.15, 0.2) is 47.1 Å². The van der Waals surface area contributed by atoms with E-state index in [2.05, 4.69) is 39.3 Å². The molecule has 2 aliphatic heterocycles. The lowest BCUT2D eigenvalue weighted by Crippen LogP contribution is -2.46. The molecule has 1 N–H and O–H groups in total. The lowest BCUT2D eigenvalue weighted by molar-refractivity contribution is 0.0146. The minimum absolute atomic E-state index is 0.186. The average molecular weight is 486 g/mol. The minimum Gasteiger partial charge on any atom is -0.478 e. The number of aromatic carboxylic acids is 1. The maximum atomic E-state index is 11.2. The van der Waals surface area contributed by atoms with Gasteiger partial charge < -0.3 is 19.3 Å². The van der Waals surface area contributed by atoms with E-state index in [0.29, 0.717) is 30.5 Å². The van der Waals surface area contributed by atoms with Crippen molar-refractivity contribution in [2.24, 2.45) is 0 Å². The molecule has 7 nitrogen and oxygen atoms in total. The molecule has 3 aromatic rings. The van der Waals surface area contributed by atoms with Crippen molar-refractivity contribution >= 4 is 11.8 Å². The summed E-state index contributed by atoms with van der Waals surface area (Å²) >= 11 is 0. The maximum absolute atomic E-state index is 11.2. The maximum Gasteiger partial charge on any atom is 0.337 e. The number of aromatic nitrogens is 2. The Balaban J connectivity index is 1.09. The van der Waals surface area contributed by atoms with Crippen LogP contribution in [0.5, 0.6) is 0 Å². The zero-order chi connectivity index (χ0) is 24.2. The predicted molar refractivity (Wildman–Crippen MR) is 134 cm³/mol. The van der Waals surface area contributed by atoms with Crippen molar-refractivity contribution in [1.82, 2.24) is 10.1 Å². The molecule has 0 radical (unpaired) electrons. The van der Waals surface area contributed by atoms with E-state index < -0.39 is 5.97 Å². The smallest absolute Gasteiger partial charge is 0.337 e. The number of carboxylic acids is 1. The summed E-state index contributed by atoms with van der Waals surface area (Å²) in [5.74, 6) is 2.09. The van der Waals surface area contributed by atoms with E-state index in [4.69, 9.17) is 9.26 Å². The fourth-order valence-electron chi connectivity index (χ4n) is 6.31. The van der Waals surface area contributed by atoms with E-state index in [0.717, 1.165) is 48.5 Å². The number of pyridine rings is 1. The molecular weight excluding hydrogens is 454 g/mol. The van der Waals surface area contributed by atoms with Crippen molar-refractivity contribution in [2.75, 3.05) is 4.90 Å². The van der Waals surface area contributed by atoms with E-state index >= 15 is 0 Å². The Kier molecular flexibility index (Phi) is 5.35. The lowest BCUT2D eigenvalue weighted by atomic mass is 9.96. The van der Waals surface area contributed by atoms with Crippen molar-refractivity contribution in [1.29, 1.82) is 0 Å². The number of piperidine rings is 1. The van der Waals surface area contributed by atoms with Crippen LogP contribution in [-0.4, -0.2) is 39.4 Å². The molecule has 36 heavy (non-hydrogen) atoms. The van der Waals surface area contributed by atoms with Gasteiger partial charge in [-0.1, -0.05) is 29.4 Å². The Bertz CT molecular complexity index is 1260. The molecular formula is C29H31N3O4. The first-order valence-corrected chi connectivity index (χ1v) is 13.3. The van der Waals surface area contributed by atoms with Crippen LogP contribution in [-0.2, 0) is 11.3 Å². The Morgan fingerprint density at radius 2 is 1.75 bits per heavy atom. The zero-order valence-corrected chi connectivity index (χ0v) is 20.3. The largest absolute Gasteiger partial charge is 0.478 e. The summed E-state index contributed by atoms with van der Waals surface area (Å²) < 4.78 is 12.6. The van der Waals surface area contributed by atoms with E-state index in [1.165, 1.54) is 43.0 Å². The second-order valence-electron chi connectivity index (χ2n) is 10.9.